The SMILES string of the molecule is Cc1nc(C(=O)N[C@H](C)c2ccc(F)c(F)c2)nn1-c1ccc(F)cc1. The highest BCUT2D eigenvalue weighted by molar-refractivity contribution is 5.90. The first kappa shape index (κ1) is 17.7. The second-order valence-corrected chi connectivity index (χ2v) is 5.74. The largest absolute Gasteiger partial charge is 0.343 e. The fourth-order valence-electron chi connectivity index (χ4n) is 2.44. The van der Waals surface area contributed by atoms with Crippen molar-refractivity contribution >= 4 is 5.91 Å². The van der Waals surface area contributed by atoms with Crippen molar-refractivity contribution < 1.29 is 18.0 Å². The number of amides is 1. The summed E-state index contributed by atoms with van der Waals surface area (Å²) in [6, 6.07) is 8.43. The van der Waals surface area contributed by atoms with Crippen LogP contribution < -0.4 is 5.32 Å². The Balaban J connectivity index is 1.78. The quantitative estimate of drug-likeness (QED) is 0.775. The first-order valence-corrected chi connectivity index (χ1v) is 7.80. The van der Waals surface area contributed by atoms with Gasteiger partial charge in [-0.25, -0.2) is 22.8 Å². The van der Waals surface area contributed by atoms with Gasteiger partial charge in [0.25, 0.3) is 5.91 Å². The van der Waals surface area contributed by atoms with E-state index in [-0.39, 0.29) is 11.6 Å². The number of aryl methyl sites for hydroxylation is 1. The Morgan fingerprint density at radius 1 is 1.08 bits per heavy atom. The lowest BCUT2D eigenvalue weighted by Crippen LogP contribution is -2.28. The molecule has 0 aliphatic rings. The van der Waals surface area contributed by atoms with Crippen molar-refractivity contribution in [3.8, 4) is 5.69 Å². The summed E-state index contributed by atoms with van der Waals surface area (Å²) in [6.07, 6.45) is 0. The number of carbonyl (C=O) groups excluding carboxylic acids is 1. The molecule has 1 amide bonds. The maximum absolute atomic E-state index is 13.3. The van der Waals surface area contributed by atoms with E-state index in [1.807, 2.05) is 0 Å². The number of halogens is 3. The molecule has 0 saturated carbocycles. The fourth-order valence-corrected chi connectivity index (χ4v) is 2.44. The molecule has 0 saturated heterocycles. The molecule has 1 aromatic heterocycles. The van der Waals surface area contributed by atoms with Crippen LogP contribution in [0.2, 0.25) is 0 Å². The lowest BCUT2D eigenvalue weighted by molar-refractivity contribution is 0.0929. The highest BCUT2D eigenvalue weighted by Crippen LogP contribution is 2.17. The van der Waals surface area contributed by atoms with E-state index in [1.165, 1.54) is 35.0 Å². The van der Waals surface area contributed by atoms with E-state index in [4.69, 9.17) is 0 Å². The van der Waals surface area contributed by atoms with Crippen LogP contribution in [0.1, 0.15) is 35.0 Å². The summed E-state index contributed by atoms with van der Waals surface area (Å²) in [7, 11) is 0. The maximum Gasteiger partial charge on any atom is 0.291 e. The van der Waals surface area contributed by atoms with E-state index < -0.39 is 23.6 Å². The van der Waals surface area contributed by atoms with Crippen LogP contribution >= 0.6 is 0 Å². The zero-order valence-electron chi connectivity index (χ0n) is 14.0. The number of rotatable bonds is 4. The van der Waals surface area contributed by atoms with Crippen LogP contribution in [0.15, 0.2) is 42.5 Å². The van der Waals surface area contributed by atoms with E-state index in [2.05, 4.69) is 15.4 Å². The van der Waals surface area contributed by atoms with E-state index in [0.29, 0.717) is 17.1 Å². The molecule has 0 aliphatic heterocycles. The van der Waals surface area contributed by atoms with Gasteiger partial charge in [-0.05, 0) is 55.8 Å². The third kappa shape index (κ3) is 3.58. The van der Waals surface area contributed by atoms with Crippen molar-refractivity contribution in [3.05, 3.63) is 77.1 Å². The van der Waals surface area contributed by atoms with Gasteiger partial charge in [0.15, 0.2) is 11.6 Å². The van der Waals surface area contributed by atoms with E-state index in [1.54, 1.807) is 13.8 Å². The molecule has 0 spiro atoms. The third-order valence-electron chi connectivity index (χ3n) is 3.83. The molecule has 3 rings (SSSR count). The van der Waals surface area contributed by atoms with E-state index in [0.717, 1.165) is 12.1 Å². The Hall–Kier alpha value is -3.16. The molecule has 134 valence electrons. The van der Waals surface area contributed by atoms with Gasteiger partial charge in [-0.15, -0.1) is 5.10 Å². The smallest absolute Gasteiger partial charge is 0.291 e. The average molecular weight is 360 g/mol. The molecule has 3 aromatic rings. The minimum atomic E-state index is -0.988. The Labute approximate surface area is 147 Å². The minimum Gasteiger partial charge on any atom is -0.343 e. The molecule has 1 heterocycles. The number of aromatic nitrogens is 3. The molecule has 0 aliphatic carbocycles. The molecule has 1 N–H and O–H groups in total. The normalized spacial score (nSPS) is 12.0. The number of nitrogens with zero attached hydrogens (tertiary/aromatic N) is 3. The minimum absolute atomic E-state index is 0.0822. The number of benzene rings is 2. The van der Waals surface area contributed by atoms with Crippen LogP contribution in [0, 0.1) is 24.4 Å². The number of nitrogens with one attached hydrogen (secondary N) is 1. The standard InChI is InChI=1S/C18H15F3N4O/c1-10(12-3-8-15(20)16(21)9-12)22-18(26)17-23-11(2)25(24-17)14-6-4-13(19)5-7-14/h3-10H,1-2H3,(H,22,26)/t10-/m1/s1. The average Bonchev–Trinajstić information content (AvgIpc) is 3.00. The van der Waals surface area contributed by atoms with Crippen molar-refractivity contribution in [2.45, 2.75) is 19.9 Å². The number of hydrogen-bond donors (Lipinski definition) is 1. The molecule has 0 radical (unpaired) electrons. The van der Waals surface area contributed by atoms with Gasteiger partial charge in [-0.2, -0.15) is 0 Å². The van der Waals surface area contributed by atoms with Gasteiger partial charge in [-0.3, -0.25) is 4.79 Å². The zero-order chi connectivity index (χ0) is 18.8. The first-order valence-electron chi connectivity index (χ1n) is 7.80. The summed E-state index contributed by atoms with van der Waals surface area (Å²) >= 11 is 0. The van der Waals surface area contributed by atoms with Gasteiger partial charge in [0.05, 0.1) is 11.7 Å². The Morgan fingerprint density at radius 2 is 1.77 bits per heavy atom. The van der Waals surface area contributed by atoms with Crippen molar-refractivity contribution in [2.24, 2.45) is 0 Å². The molecule has 0 bridgehead atoms. The van der Waals surface area contributed by atoms with Crippen LogP contribution in [0.3, 0.4) is 0 Å². The Kier molecular flexibility index (Phi) is 4.75. The zero-order valence-corrected chi connectivity index (χ0v) is 14.0. The van der Waals surface area contributed by atoms with Crippen LogP contribution in [-0.2, 0) is 0 Å². The summed E-state index contributed by atoms with van der Waals surface area (Å²) < 4.78 is 40.8. The van der Waals surface area contributed by atoms with Crippen LogP contribution in [0.4, 0.5) is 13.2 Å². The monoisotopic (exact) mass is 360 g/mol. The predicted molar refractivity (Wildman–Crippen MR) is 88.3 cm³/mol. The van der Waals surface area contributed by atoms with E-state index in [9.17, 15) is 18.0 Å². The van der Waals surface area contributed by atoms with Gasteiger partial charge in [-0.1, -0.05) is 6.07 Å². The van der Waals surface area contributed by atoms with Gasteiger partial charge in [0.2, 0.25) is 5.82 Å². The summed E-state index contributed by atoms with van der Waals surface area (Å²) in [5.41, 5.74) is 0.969. The number of carbonyl (C=O) groups is 1. The lowest BCUT2D eigenvalue weighted by Gasteiger charge is -2.13. The molecular weight excluding hydrogens is 345 g/mol. The summed E-state index contributed by atoms with van der Waals surface area (Å²) in [4.78, 5) is 16.5. The lowest BCUT2D eigenvalue weighted by atomic mass is 10.1. The Bertz CT molecular complexity index is 954. The van der Waals surface area contributed by atoms with Crippen molar-refractivity contribution in [3.63, 3.8) is 0 Å². The molecule has 26 heavy (non-hydrogen) atoms. The molecule has 0 unspecified atom stereocenters. The van der Waals surface area contributed by atoms with Crippen molar-refractivity contribution in [1.82, 2.24) is 20.1 Å². The molecule has 5 nitrogen and oxygen atoms in total. The fraction of sp³-hybridized carbons (Fsp3) is 0.167. The molecule has 8 heteroatoms. The summed E-state index contributed by atoms with van der Waals surface area (Å²) in [6.45, 7) is 3.29. The van der Waals surface area contributed by atoms with Gasteiger partial charge < -0.3 is 5.32 Å². The maximum atomic E-state index is 13.3. The first-order chi connectivity index (χ1) is 12.3. The van der Waals surface area contributed by atoms with Crippen molar-refractivity contribution in [1.29, 1.82) is 0 Å². The summed E-state index contributed by atoms with van der Waals surface area (Å²) in [5, 5.41) is 6.76. The molecule has 0 fully saturated rings. The van der Waals surface area contributed by atoms with Gasteiger partial charge in [0.1, 0.15) is 11.6 Å². The number of hydrogen-bond acceptors (Lipinski definition) is 3. The summed E-state index contributed by atoms with van der Waals surface area (Å²) in [5.74, 6) is -2.53. The Morgan fingerprint density at radius 3 is 2.42 bits per heavy atom. The van der Waals surface area contributed by atoms with Crippen LogP contribution in [-0.4, -0.2) is 20.7 Å². The van der Waals surface area contributed by atoms with Crippen LogP contribution in [0.25, 0.3) is 5.69 Å². The van der Waals surface area contributed by atoms with Crippen molar-refractivity contribution in [2.75, 3.05) is 0 Å². The molecule has 2 aromatic carbocycles. The van der Waals surface area contributed by atoms with Crippen LogP contribution in [0.5, 0.6) is 0 Å². The molecular formula is C18H15F3N4O. The van der Waals surface area contributed by atoms with Gasteiger partial charge >= 0.3 is 0 Å². The predicted octanol–water partition coefficient (Wildman–Crippen LogP) is 3.48. The highest BCUT2D eigenvalue weighted by Gasteiger charge is 2.18. The van der Waals surface area contributed by atoms with Gasteiger partial charge in [0, 0.05) is 0 Å². The topological polar surface area (TPSA) is 59.8 Å². The van der Waals surface area contributed by atoms with E-state index >= 15 is 0 Å². The second kappa shape index (κ2) is 6.99. The highest BCUT2D eigenvalue weighted by atomic mass is 19.2. The second-order valence-electron chi connectivity index (χ2n) is 5.74. The molecule has 1 atom stereocenters. The third-order valence-corrected chi connectivity index (χ3v) is 3.83.